The van der Waals surface area contributed by atoms with Crippen LogP contribution in [0.25, 0.3) is 0 Å². The highest BCUT2D eigenvalue weighted by molar-refractivity contribution is 5.85. The van der Waals surface area contributed by atoms with Gasteiger partial charge in [-0.1, -0.05) is 6.92 Å². The Bertz CT molecular complexity index is 254. The maximum atomic E-state index is 13.3. The molecule has 0 unspecified atom stereocenters. The number of hydrogen-bond donors (Lipinski definition) is 0. The highest BCUT2D eigenvalue weighted by Crippen LogP contribution is 2.39. The highest BCUT2D eigenvalue weighted by Gasteiger charge is 2.55. The molecule has 74 valence electrons. The minimum Gasteiger partial charge on any atom is -0.354 e. The molecule has 2 aliphatic heterocycles. The van der Waals surface area contributed by atoms with Gasteiger partial charge in [0.25, 0.3) is 5.91 Å². The van der Waals surface area contributed by atoms with Crippen molar-refractivity contribution < 1.29 is 13.9 Å². The summed E-state index contributed by atoms with van der Waals surface area (Å²) in [4.78, 5) is 13.0. The van der Waals surface area contributed by atoms with E-state index in [1.54, 1.807) is 25.7 Å². The maximum absolute atomic E-state index is 13.3. The van der Waals surface area contributed by atoms with Gasteiger partial charge in [0.2, 0.25) is 0 Å². The Hall–Kier alpha value is -0.640. The summed E-state index contributed by atoms with van der Waals surface area (Å²) in [5, 5.41) is 0. The topological polar surface area (TPSA) is 29.5 Å². The number of halogens is 1. The van der Waals surface area contributed by atoms with Crippen LogP contribution >= 0.6 is 0 Å². The van der Waals surface area contributed by atoms with Crippen LogP contribution in [0.15, 0.2) is 0 Å². The standard InChI is InChI=1S/C9H14FNO2/c1-5-6-4-13-9(2,3)11(6)8(12)7(5)10/h5-7H,4H2,1-3H3/t5-,6+,7-/m0/s1. The molecule has 0 aromatic rings. The van der Waals surface area contributed by atoms with Crippen molar-refractivity contribution in [2.24, 2.45) is 5.92 Å². The third-order valence-corrected chi connectivity index (χ3v) is 3.06. The molecule has 0 N–H and O–H groups in total. The van der Waals surface area contributed by atoms with Crippen LogP contribution in [-0.2, 0) is 9.53 Å². The maximum Gasteiger partial charge on any atom is 0.260 e. The van der Waals surface area contributed by atoms with E-state index in [2.05, 4.69) is 0 Å². The fraction of sp³-hybridized carbons (Fsp3) is 0.889. The fourth-order valence-corrected chi connectivity index (χ4v) is 2.20. The number of fused-ring (bicyclic) bond motifs is 1. The number of ether oxygens (including phenoxy) is 1. The summed E-state index contributed by atoms with van der Waals surface area (Å²) < 4.78 is 18.8. The summed E-state index contributed by atoms with van der Waals surface area (Å²) >= 11 is 0. The Morgan fingerprint density at radius 1 is 1.62 bits per heavy atom. The zero-order chi connectivity index (χ0) is 9.80. The van der Waals surface area contributed by atoms with Gasteiger partial charge in [-0.2, -0.15) is 0 Å². The van der Waals surface area contributed by atoms with E-state index >= 15 is 0 Å². The lowest BCUT2D eigenvalue weighted by molar-refractivity contribution is -0.145. The van der Waals surface area contributed by atoms with Crippen LogP contribution in [0.5, 0.6) is 0 Å². The second-order valence-corrected chi connectivity index (χ2v) is 4.29. The number of amides is 1. The van der Waals surface area contributed by atoms with Crippen molar-refractivity contribution in [1.82, 2.24) is 4.90 Å². The Labute approximate surface area is 76.8 Å². The van der Waals surface area contributed by atoms with Crippen molar-refractivity contribution in [1.29, 1.82) is 0 Å². The number of rotatable bonds is 0. The number of carbonyl (C=O) groups is 1. The van der Waals surface area contributed by atoms with Crippen LogP contribution in [-0.4, -0.2) is 35.4 Å². The summed E-state index contributed by atoms with van der Waals surface area (Å²) in [6.07, 6.45) is -1.34. The fourth-order valence-electron chi connectivity index (χ4n) is 2.20. The zero-order valence-electron chi connectivity index (χ0n) is 8.08. The van der Waals surface area contributed by atoms with E-state index in [0.29, 0.717) is 6.61 Å². The van der Waals surface area contributed by atoms with Crippen molar-refractivity contribution >= 4 is 5.91 Å². The molecule has 2 fully saturated rings. The SMILES string of the molecule is C[C@@H]1[C@H](F)C(=O)N2[C@@H]1COC2(C)C. The van der Waals surface area contributed by atoms with Crippen molar-refractivity contribution in [2.45, 2.75) is 38.7 Å². The number of alkyl halides is 1. The van der Waals surface area contributed by atoms with Gasteiger partial charge < -0.3 is 9.64 Å². The van der Waals surface area contributed by atoms with Gasteiger partial charge in [0, 0.05) is 5.92 Å². The summed E-state index contributed by atoms with van der Waals surface area (Å²) in [6, 6.07) is -0.0718. The average Bonchev–Trinajstić information content (AvgIpc) is 2.46. The summed E-state index contributed by atoms with van der Waals surface area (Å²) in [5.41, 5.74) is -0.628. The van der Waals surface area contributed by atoms with Gasteiger partial charge in [0.15, 0.2) is 6.17 Å². The summed E-state index contributed by atoms with van der Waals surface area (Å²) in [7, 11) is 0. The Morgan fingerprint density at radius 2 is 2.23 bits per heavy atom. The van der Waals surface area contributed by atoms with E-state index in [0.717, 1.165) is 0 Å². The Morgan fingerprint density at radius 3 is 2.77 bits per heavy atom. The Kier molecular flexibility index (Phi) is 1.68. The molecule has 2 saturated heterocycles. The van der Waals surface area contributed by atoms with E-state index in [9.17, 15) is 9.18 Å². The minimum atomic E-state index is -1.34. The summed E-state index contributed by atoms with van der Waals surface area (Å²) in [5.74, 6) is -0.658. The largest absolute Gasteiger partial charge is 0.354 e. The monoisotopic (exact) mass is 187 g/mol. The van der Waals surface area contributed by atoms with Crippen LogP contribution in [0.1, 0.15) is 20.8 Å². The number of hydrogen-bond acceptors (Lipinski definition) is 2. The van der Waals surface area contributed by atoms with Crippen LogP contribution in [0.2, 0.25) is 0 Å². The van der Waals surface area contributed by atoms with Gasteiger partial charge in [-0.3, -0.25) is 4.79 Å². The molecule has 0 aromatic carbocycles. The predicted octanol–water partition coefficient (Wildman–Crippen LogP) is 0.938. The Balaban J connectivity index is 2.33. The van der Waals surface area contributed by atoms with Gasteiger partial charge in [-0.25, -0.2) is 4.39 Å². The lowest BCUT2D eigenvalue weighted by Gasteiger charge is -2.29. The van der Waals surface area contributed by atoms with E-state index in [1.807, 2.05) is 0 Å². The molecule has 0 bridgehead atoms. The molecule has 3 atom stereocenters. The first-order valence-corrected chi connectivity index (χ1v) is 4.56. The van der Waals surface area contributed by atoms with E-state index in [4.69, 9.17) is 4.74 Å². The quantitative estimate of drug-likeness (QED) is 0.564. The molecule has 2 aliphatic rings. The lowest BCUT2D eigenvalue weighted by atomic mass is 10.0. The second kappa shape index (κ2) is 2.44. The van der Waals surface area contributed by atoms with E-state index in [-0.39, 0.29) is 12.0 Å². The lowest BCUT2D eigenvalue weighted by Crippen LogP contribution is -2.44. The molecule has 3 nitrogen and oxygen atoms in total. The molecule has 2 rings (SSSR count). The van der Waals surface area contributed by atoms with Crippen molar-refractivity contribution in [2.75, 3.05) is 6.61 Å². The molecule has 0 saturated carbocycles. The molecular formula is C9H14FNO2. The first kappa shape index (κ1) is 8.94. The molecule has 0 spiro atoms. The minimum absolute atomic E-state index is 0.0718. The van der Waals surface area contributed by atoms with Gasteiger partial charge in [-0.05, 0) is 13.8 Å². The average molecular weight is 187 g/mol. The first-order chi connectivity index (χ1) is 5.95. The first-order valence-electron chi connectivity index (χ1n) is 4.56. The predicted molar refractivity (Wildman–Crippen MR) is 44.7 cm³/mol. The van der Waals surface area contributed by atoms with E-state index in [1.165, 1.54) is 0 Å². The molecule has 4 heteroatoms. The third-order valence-electron chi connectivity index (χ3n) is 3.06. The van der Waals surface area contributed by atoms with Crippen LogP contribution < -0.4 is 0 Å². The molecule has 0 aliphatic carbocycles. The molecule has 2 heterocycles. The smallest absolute Gasteiger partial charge is 0.260 e. The molecular weight excluding hydrogens is 173 g/mol. The van der Waals surface area contributed by atoms with Crippen molar-refractivity contribution in [3.63, 3.8) is 0 Å². The molecule has 0 radical (unpaired) electrons. The van der Waals surface area contributed by atoms with Crippen molar-refractivity contribution in [3.8, 4) is 0 Å². The van der Waals surface area contributed by atoms with Crippen LogP contribution in [0, 0.1) is 5.92 Å². The van der Waals surface area contributed by atoms with E-state index < -0.39 is 17.8 Å². The van der Waals surface area contributed by atoms with Crippen molar-refractivity contribution in [3.05, 3.63) is 0 Å². The molecule has 1 amide bonds. The van der Waals surface area contributed by atoms with Gasteiger partial charge >= 0.3 is 0 Å². The van der Waals surface area contributed by atoms with Gasteiger partial charge in [-0.15, -0.1) is 0 Å². The van der Waals surface area contributed by atoms with Gasteiger partial charge in [0.1, 0.15) is 5.72 Å². The van der Waals surface area contributed by atoms with Crippen LogP contribution in [0.3, 0.4) is 0 Å². The highest BCUT2D eigenvalue weighted by atomic mass is 19.1. The summed E-state index contributed by atoms with van der Waals surface area (Å²) in [6.45, 7) is 5.82. The number of carbonyl (C=O) groups excluding carboxylic acids is 1. The number of nitrogens with zero attached hydrogens (tertiary/aromatic N) is 1. The van der Waals surface area contributed by atoms with Crippen LogP contribution in [0.4, 0.5) is 4.39 Å². The third kappa shape index (κ3) is 1.01. The molecule has 13 heavy (non-hydrogen) atoms. The zero-order valence-corrected chi connectivity index (χ0v) is 8.08. The van der Waals surface area contributed by atoms with Gasteiger partial charge in [0.05, 0.1) is 12.6 Å². The normalized spacial score (nSPS) is 42.6. The molecule has 0 aromatic heterocycles. The second-order valence-electron chi connectivity index (χ2n) is 4.29.